The highest BCUT2D eigenvalue weighted by atomic mass is 16.5. The Hall–Kier alpha value is -2.96. The highest BCUT2D eigenvalue weighted by Crippen LogP contribution is 2.24. The number of hydrogen-bond acceptors (Lipinski definition) is 5. The zero-order chi connectivity index (χ0) is 15.6. The monoisotopic (exact) mass is 309 g/mol. The molecule has 0 N–H and O–H groups in total. The van der Waals surface area contributed by atoms with Crippen LogP contribution in [-0.4, -0.2) is 44.0 Å². The highest BCUT2D eigenvalue weighted by molar-refractivity contribution is 5.93. The van der Waals surface area contributed by atoms with Gasteiger partial charge in [-0.25, -0.2) is 4.68 Å². The lowest BCUT2D eigenvalue weighted by atomic mass is 10.1. The van der Waals surface area contributed by atoms with Gasteiger partial charge < -0.3 is 9.42 Å². The van der Waals surface area contributed by atoms with Crippen LogP contribution in [0, 0.1) is 0 Å². The molecule has 23 heavy (non-hydrogen) atoms. The van der Waals surface area contributed by atoms with Gasteiger partial charge in [0.1, 0.15) is 0 Å². The van der Waals surface area contributed by atoms with E-state index in [1.165, 1.54) is 0 Å². The maximum absolute atomic E-state index is 12.6. The molecule has 1 aromatic carbocycles. The van der Waals surface area contributed by atoms with Crippen LogP contribution in [0.3, 0.4) is 0 Å². The second-order valence-electron chi connectivity index (χ2n) is 5.52. The van der Waals surface area contributed by atoms with Crippen molar-refractivity contribution in [2.45, 2.75) is 12.5 Å². The van der Waals surface area contributed by atoms with E-state index in [0.717, 1.165) is 12.0 Å². The van der Waals surface area contributed by atoms with Crippen LogP contribution in [0.15, 0.2) is 53.3 Å². The molecule has 0 saturated carbocycles. The van der Waals surface area contributed by atoms with Gasteiger partial charge in [0.05, 0.1) is 12.2 Å². The molecule has 116 valence electrons. The van der Waals surface area contributed by atoms with Crippen molar-refractivity contribution in [2.24, 2.45) is 0 Å². The third-order valence-electron chi connectivity index (χ3n) is 4.05. The molecule has 1 aliphatic heterocycles. The topological polar surface area (TPSA) is 77.0 Å². The number of hydrogen-bond donors (Lipinski definition) is 0. The van der Waals surface area contributed by atoms with Crippen molar-refractivity contribution in [2.75, 3.05) is 13.1 Å². The van der Waals surface area contributed by atoms with Gasteiger partial charge in [0.25, 0.3) is 5.91 Å². The van der Waals surface area contributed by atoms with Gasteiger partial charge in [0.15, 0.2) is 11.5 Å². The molecule has 0 radical (unpaired) electrons. The Kier molecular flexibility index (Phi) is 3.38. The zero-order valence-corrected chi connectivity index (χ0v) is 12.4. The van der Waals surface area contributed by atoms with Crippen LogP contribution in [0.1, 0.15) is 23.0 Å². The number of aromatic nitrogens is 4. The fourth-order valence-corrected chi connectivity index (χ4v) is 2.83. The molecule has 4 rings (SSSR count). The van der Waals surface area contributed by atoms with Crippen molar-refractivity contribution < 1.29 is 9.32 Å². The van der Waals surface area contributed by atoms with Crippen molar-refractivity contribution in [3.8, 4) is 11.3 Å². The number of nitrogens with zero attached hydrogens (tertiary/aromatic N) is 5. The molecule has 2 aromatic heterocycles. The van der Waals surface area contributed by atoms with Crippen molar-refractivity contribution in [3.05, 3.63) is 54.5 Å². The summed E-state index contributed by atoms with van der Waals surface area (Å²) >= 11 is 0. The molecule has 0 bridgehead atoms. The molecule has 1 atom stereocenters. The Labute approximate surface area is 132 Å². The normalized spacial score (nSPS) is 17.6. The Morgan fingerprint density at radius 2 is 2.13 bits per heavy atom. The summed E-state index contributed by atoms with van der Waals surface area (Å²) in [6.07, 6.45) is 4.33. The summed E-state index contributed by atoms with van der Waals surface area (Å²) in [5.74, 6) is 0.486. The van der Waals surface area contributed by atoms with Gasteiger partial charge in [-0.05, 0) is 6.42 Å². The summed E-state index contributed by atoms with van der Waals surface area (Å²) < 4.78 is 7.10. The molecule has 1 amide bonds. The fourth-order valence-electron chi connectivity index (χ4n) is 2.83. The van der Waals surface area contributed by atoms with Crippen LogP contribution in [-0.2, 0) is 0 Å². The lowest BCUT2D eigenvalue weighted by Crippen LogP contribution is -2.29. The summed E-state index contributed by atoms with van der Waals surface area (Å²) in [5, 5.41) is 11.7. The third-order valence-corrected chi connectivity index (χ3v) is 4.05. The molecule has 1 aliphatic rings. The Morgan fingerprint density at radius 3 is 2.91 bits per heavy atom. The zero-order valence-electron chi connectivity index (χ0n) is 12.4. The minimum Gasteiger partial charge on any atom is -0.355 e. The maximum atomic E-state index is 12.6. The summed E-state index contributed by atoms with van der Waals surface area (Å²) in [6, 6.07) is 11.5. The Morgan fingerprint density at radius 1 is 1.26 bits per heavy atom. The summed E-state index contributed by atoms with van der Waals surface area (Å²) in [5.41, 5.74) is 1.24. The molecular weight excluding hydrogens is 294 g/mol. The van der Waals surface area contributed by atoms with E-state index in [1.54, 1.807) is 21.8 Å². The van der Waals surface area contributed by atoms with Gasteiger partial charge in [-0.2, -0.15) is 0 Å². The van der Waals surface area contributed by atoms with Gasteiger partial charge in [0.2, 0.25) is 0 Å². The fraction of sp³-hybridized carbons (Fsp3) is 0.250. The maximum Gasteiger partial charge on any atom is 0.276 e. The SMILES string of the molecule is O=C(c1cc(-c2ccccc2)on1)N1CCC(n2ccnn2)C1. The molecule has 0 aliphatic carbocycles. The molecule has 3 heterocycles. The summed E-state index contributed by atoms with van der Waals surface area (Å²) in [4.78, 5) is 14.3. The third kappa shape index (κ3) is 2.61. The van der Waals surface area contributed by atoms with E-state index < -0.39 is 0 Å². The van der Waals surface area contributed by atoms with Crippen molar-refractivity contribution >= 4 is 5.91 Å². The van der Waals surface area contributed by atoms with Crippen LogP contribution in [0.2, 0.25) is 0 Å². The molecule has 3 aromatic rings. The average molecular weight is 309 g/mol. The number of carbonyl (C=O) groups is 1. The summed E-state index contributed by atoms with van der Waals surface area (Å²) in [7, 11) is 0. The number of likely N-dealkylation sites (tertiary alicyclic amines) is 1. The molecular formula is C16H15N5O2. The van der Waals surface area contributed by atoms with Gasteiger partial charge in [0, 0.05) is 30.9 Å². The first-order chi connectivity index (χ1) is 11.3. The lowest BCUT2D eigenvalue weighted by Gasteiger charge is -2.14. The van der Waals surface area contributed by atoms with E-state index >= 15 is 0 Å². The quantitative estimate of drug-likeness (QED) is 0.739. The van der Waals surface area contributed by atoms with E-state index in [2.05, 4.69) is 15.5 Å². The first kappa shape index (κ1) is 13.7. The van der Waals surface area contributed by atoms with Gasteiger partial charge >= 0.3 is 0 Å². The van der Waals surface area contributed by atoms with Crippen LogP contribution in [0.4, 0.5) is 0 Å². The molecule has 1 saturated heterocycles. The van der Waals surface area contributed by atoms with Crippen LogP contribution in [0.25, 0.3) is 11.3 Å². The van der Waals surface area contributed by atoms with Crippen LogP contribution >= 0.6 is 0 Å². The van der Waals surface area contributed by atoms with E-state index in [9.17, 15) is 4.79 Å². The first-order valence-electron chi connectivity index (χ1n) is 7.48. The highest BCUT2D eigenvalue weighted by Gasteiger charge is 2.30. The number of benzene rings is 1. The summed E-state index contributed by atoms with van der Waals surface area (Å²) in [6.45, 7) is 1.28. The number of rotatable bonds is 3. The number of amides is 1. The van der Waals surface area contributed by atoms with Gasteiger partial charge in [-0.1, -0.05) is 40.7 Å². The number of carbonyl (C=O) groups excluding carboxylic acids is 1. The molecule has 1 unspecified atom stereocenters. The average Bonchev–Trinajstić information content (AvgIpc) is 3.35. The second-order valence-corrected chi connectivity index (χ2v) is 5.52. The van der Waals surface area contributed by atoms with Crippen molar-refractivity contribution in [3.63, 3.8) is 0 Å². The van der Waals surface area contributed by atoms with Crippen molar-refractivity contribution in [1.29, 1.82) is 0 Å². The smallest absolute Gasteiger partial charge is 0.276 e. The first-order valence-corrected chi connectivity index (χ1v) is 7.48. The van der Waals surface area contributed by atoms with E-state index in [0.29, 0.717) is 24.5 Å². The van der Waals surface area contributed by atoms with Gasteiger partial charge in [-0.3, -0.25) is 4.79 Å². The minimum absolute atomic E-state index is 0.112. The van der Waals surface area contributed by atoms with Gasteiger partial charge in [-0.15, -0.1) is 5.10 Å². The Bertz CT molecular complexity index is 797. The van der Waals surface area contributed by atoms with Crippen molar-refractivity contribution in [1.82, 2.24) is 25.1 Å². The second kappa shape index (κ2) is 5.68. The molecule has 0 spiro atoms. The van der Waals surface area contributed by atoms with E-state index in [4.69, 9.17) is 4.52 Å². The van der Waals surface area contributed by atoms with Crippen LogP contribution in [0.5, 0.6) is 0 Å². The standard InChI is InChI=1S/C16H15N5O2/c22-16(20-8-6-13(11-20)21-9-7-17-19-21)14-10-15(23-18-14)12-4-2-1-3-5-12/h1-5,7,9-10,13H,6,8,11H2. The molecule has 7 heteroatoms. The largest absolute Gasteiger partial charge is 0.355 e. The minimum atomic E-state index is -0.112. The molecule has 1 fully saturated rings. The predicted molar refractivity (Wildman–Crippen MR) is 81.5 cm³/mol. The molecule has 7 nitrogen and oxygen atoms in total. The van der Waals surface area contributed by atoms with Crippen LogP contribution < -0.4 is 0 Å². The predicted octanol–water partition coefficient (Wildman–Crippen LogP) is 2.02. The van der Waals surface area contributed by atoms with E-state index in [1.807, 2.05) is 36.5 Å². The lowest BCUT2D eigenvalue weighted by molar-refractivity contribution is 0.0776. The Balaban J connectivity index is 1.49. The van der Waals surface area contributed by atoms with E-state index in [-0.39, 0.29) is 11.9 Å².